The van der Waals surface area contributed by atoms with Crippen LogP contribution >= 0.6 is 11.8 Å². The standard InChI is InChI=1S/C17H24N2O7S/c1-23-5-6-24-7-8-25-9-10-26-13-4-2-3-12(14(13)20)15-19-17(18,11-27-15)16(21)22/h2-4,20H,5-11,18H2,1H3,(H,21,22)/t17-/m1/s1. The van der Waals surface area contributed by atoms with Gasteiger partial charge in [-0.3, -0.25) is 5.73 Å². The maximum Gasteiger partial charge on any atom is 0.347 e. The molecule has 0 spiro atoms. The molecule has 0 saturated carbocycles. The highest BCUT2D eigenvalue weighted by Crippen LogP contribution is 2.36. The number of benzene rings is 1. The number of phenols is 1. The van der Waals surface area contributed by atoms with E-state index in [1.54, 1.807) is 25.3 Å². The molecular weight excluding hydrogens is 376 g/mol. The lowest BCUT2D eigenvalue weighted by atomic mass is 10.2. The van der Waals surface area contributed by atoms with Crippen LogP contribution in [0.15, 0.2) is 23.2 Å². The Morgan fingerprint density at radius 2 is 1.89 bits per heavy atom. The second-order valence-corrected chi connectivity index (χ2v) is 6.62. The summed E-state index contributed by atoms with van der Waals surface area (Å²) in [5.41, 5.74) is 4.44. The highest BCUT2D eigenvalue weighted by Gasteiger charge is 2.40. The fraction of sp³-hybridized carbons (Fsp3) is 0.529. The molecule has 1 aromatic carbocycles. The fourth-order valence-corrected chi connectivity index (χ4v) is 3.25. The summed E-state index contributed by atoms with van der Waals surface area (Å²) >= 11 is 1.18. The van der Waals surface area contributed by atoms with Crippen LogP contribution in [0.5, 0.6) is 11.5 Å². The van der Waals surface area contributed by atoms with Crippen LogP contribution in [-0.2, 0) is 19.0 Å². The predicted molar refractivity (Wildman–Crippen MR) is 101 cm³/mol. The Labute approximate surface area is 161 Å². The second-order valence-electron chi connectivity index (χ2n) is 5.65. The number of carboxylic acid groups (broad SMARTS) is 1. The third-order valence-corrected chi connectivity index (χ3v) is 4.79. The van der Waals surface area contributed by atoms with E-state index in [0.717, 1.165) is 0 Å². The zero-order chi connectivity index (χ0) is 19.7. The lowest BCUT2D eigenvalue weighted by Crippen LogP contribution is -2.46. The van der Waals surface area contributed by atoms with Crippen molar-refractivity contribution in [3.63, 3.8) is 0 Å². The van der Waals surface area contributed by atoms with Gasteiger partial charge in [-0.2, -0.15) is 0 Å². The van der Waals surface area contributed by atoms with Crippen molar-refractivity contribution in [2.24, 2.45) is 10.7 Å². The molecule has 27 heavy (non-hydrogen) atoms. The van der Waals surface area contributed by atoms with Gasteiger partial charge in [0.15, 0.2) is 11.5 Å². The minimum absolute atomic E-state index is 0.0997. The molecule has 150 valence electrons. The average molecular weight is 400 g/mol. The number of para-hydroxylation sites is 1. The molecule has 1 aliphatic rings. The van der Waals surface area contributed by atoms with E-state index in [4.69, 9.17) is 29.8 Å². The van der Waals surface area contributed by atoms with Gasteiger partial charge in [0.25, 0.3) is 0 Å². The molecule has 4 N–H and O–H groups in total. The maximum atomic E-state index is 11.2. The van der Waals surface area contributed by atoms with E-state index in [1.165, 1.54) is 11.8 Å². The van der Waals surface area contributed by atoms with Crippen molar-refractivity contribution in [2.45, 2.75) is 5.66 Å². The molecule has 0 bridgehead atoms. The van der Waals surface area contributed by atoms with Gasteiger partial charge >= 0.3 is 5.97 Å². The number of nitrogens with two attached hydrogens (primary N) is 1. The van der Waals surface area contributed by atoms with Crippen LogP contribution in [0, 0.1) is 0 Å². The molecule has 0 radical (unpaired) electrons. The minimum atomic E-state index is -1.68. The topological polar surface area (TPSA) is 133 Å². The van der Waals surface area contributed by atoms with Crippen molar-refractivity contribution in [1.29, 1.82) is 0 Å². The number of carbonyl (C=O) groups is 1. The molecule has 1 aliphatic heterocycles. The summed E-state index contributed by atoms with van der Waals surface area (Å²) in [6.45, 7) is 2.53. The normalized spacial score (nSPS) is 19.1. The third-order valence-electron chi connectivity index (χ3n) is 3.62. The van der Waals surface area contributed by atoms with Gasteiger partial charge in [-0.05, 0) is 12.1 Å². The van der Waals surface area contributed by atoms with Crippen molar-refractivity contribution in [3.05, 3.63) is 23.8 Å². The average Bonchev–Trinajstić information content (AvgIpc) is 3.05. The Bertz CT molecular complexity index is 671. The Morgan fingerprint density at radius 3 is 2.52 bits per heavy atom. The smallest absolute Gasteiger partial charge is 0.347 e. The fourth-order valence-electron chi connectivity index (χ4n) is 2.16. The highest BCUT2D eigenvalue weighted by atomic mass is 32.2. The van der Waals surface area contributed by atoms with Crippen molar-refractivity contribution >= 4 is 22.8 Å². The molecule has 0 fully saturated rings. The van der Waals surface area contributed by atoms with Crippen LogP contribution in [0.2, 0.25) is 0 Å². The molecule has 10 heteroatoms. The molecule has 0 aromatic heterocycles. The first-order valence-electron chi connectivity index (χ1n) is 8.32. The van der Waals surface area contributed by atoms with Crippen LogP contribution in [0.1, 0.15) is 5.56 Å². The monoisotopic (exact) mass is 400 g/mol. The largest absolute Gasteiger partial charge is 0.504 e. The predicted octanol–water partition coefficient (Wildman–Crippen LogP) is 0.684. The summed E-state index contributed by atoms with van der Waals surface area (Å²) in [5.74, 6) is -0.954. The summed E-state index contributed by atoms with van der Waals surface area (Å²) in [5, 5.41) is 19.9. The highest BCUT2D eigenvalue weighted by molar-refractivity contribution is 8.14. The first kappa shape index (κ1) is 21.5. The summed E-state index contributed by atoms with van der Waals surface area (Å²) < 4.78 is 21.0. The van der Waals surface area contributed by atoms with E-state index in [-0.39, 0.29) is 23.9 Å². The van der Waals surface area contributed by atoms with Crippen LogP contribution in [0.4, 0.5) is 0 Å². The van der Waals surface area contributed by atoms with Crippen molar-refractivity contribution in [2.75, 3.05) is 52.5 Å². The van der Waals surface area contributed by atoms with Crippen molar-refractivity contribution in [3.8, 4) is 11.5 Å². The lowest BCUT2D eigenvalue weighted by Gasteiger charge is -2.12. The number of ether oxygens (including phenoxy) is 4. The number of aliphatic imine (C=N–C) groups is 1. The van der Waals surface area contributed by atoms with Gasteiger partial charge in [0, 0.05) is 12.9 Å². The van der Waals surface area contributed by atoms with E-state index < -0.39 is 11.6 Å². The van der Waals surface area contributed by atoms with Crippen LogP contribution < -0.4 is 10.5 Å². The van der Waals surface area contributed by atoms with Crippen LogP contribution in [0.3, 0.4) is 0 Å². The van der Waals surface area contributed by atoms with Gasteiger partial charge < -0.3 is 29.2 Å². The first-order valence-corrected chi connectivity index (χ1v) is 9.31. The van der Waals surface area contributed by atoms with Crippen molar-refractivity contribution in [1.82, 2.24) is 0 Å². The van der Waals surface area contributed by atoms with E-state index in [2.05, 4.69) is 4.99 Å². The van der Waals surface area contributed by atoms with Crippen LogP contribution in [-0.4, -0.2) is 79.4 Å². The minimum Gasteiger partial charge on any atom is -0.504 e. The second kappa shape index (κ2) is 10.5. The first-order chi connectivity index (χ1) is 13.0. The lowest BCUT2D eigenvalue weighted by molar-refractivity contribution is -0.142. The number of phenolic OH excluding ortho intramolecular Hbond substituents is 1. The Kier molecular flexibility index (Phi) is 8.32. The number of aliphatic carboxylic acids is 1. The van der Waals surface area contributed by atoms with Gasteiger partial charge in [-0.15, -0.1) is 11.8 Å². The molecule has 9 nitrogen and oxygen atoms in total. The number of carboxylic acids is 1. The zero-order valence-corrected chi connectivity index (χ0v) is 15.9. The number of rotatable bonds is 12. The molecule has 2 rings (SSSR count). The number of hydrogen-bond acceptors (Lipinski definition) is 9. The van der Waals surface area contributed by atoms with E-state index >= 15 is 0 Å². The quantitative estimate of drug-likeness (QED) is 0.433. The number of hydrogen-bond donors (Lipinski definition) is 3. The van der Waals surface area contributed by atoms with E-state index in [0.29, 0.717) is 43.6 Å². The van der Waals surface area contributed by atoms with Gasteiger partial charge in [0.1, 0.15) is 11.7 Å². The van der Waals surface area contributed by atoms with Crippen molar-refractivity contribution < 1.29 is 34.0 Å². The Balaban J connectivity index is 1.83. The summed E-state index contributed by atoms with van der Waals surface area (Å²) in [4.78, 5) is 15.2. The van der Waals surface area contributed by atoms with Crippen LogP contribution in [0.25, 0.3) is 0 Å². The van der Waals surface area contributed by atoms with Gasteiger partial charge in [0.2, 0.25) is 5.66 Å². The molecule has 0 saturated heterocycles. The zero-order valence-electron chi connectivity index (χ0n) is 15.1. The number of methoxy groups -OCH3 is 1. The van der Waals surface area contributed by atoms with E-state index in [9.17, 15) is 9.90 Å². The third kappa shape index (κ3) is 6.08. The van der Waals surface area contributed by atoms with Gasteiger partial charge in [-0.25, -0.2) is 9.79 Å². The number of nitrogens with zero attached hydrogens (tertiary/aromatic N) is 1. The number of aromatic hydroxyl groups is 1. The van der Waals surface area contributed by atoms with Gasteiger partial charge in [0.05, 0.1) is 38.6 Å². The molecule has 1 heterocycles. The Morgan fingerprint density at radius 1 is 1.22 bits per heavy atom. The molecule has 0 amide bonds. The molecule has 0 unspecified atom stereocenters. The summed E-state index contributed by atoms with van der Waals surface area (Å²) in [7, 11) is 1.61. The Hall–Kier alpha value is -1.85. The molecular formula is C17H24N2O7S. The number of thioether (sulfide) groups is 1. The molecule has 1 atom stereocenters. The van der Waals surface area contributed by atoms with E-state index in [1.807, 2.05) is 0 Å². The SMILES string of the molecule is COCCOCCOCCOc1cccc(C2=N[C@@](N)(C(=O)O)CS2)c1O. The van der Waals surface area contributed by atoms with Gasteiger partial charge in [-0.1, -0.05) is 6.07 Å². The summed E-state index contributed by atoms with van der Waals surface area (Å²) in [6.07, 6.45) is 0. The molecule has 1 aromatic rings. The molecule has 0 aliphatic carbocycles. The maximum absolute atomic E-state index is 11.2. The summed E-state index contributed by atoms with van der Waals surface area (Å²) in [6, 6.07) is 4.94.